The van der Waals surface area contributed by atoms with E-state index < -0.39 is 0 Å². The van der Waals surface area contributed by atoms with E-state index >= 15 is 0 Å². The molecule has 0 aliphatic carbocycles. The lowest BCUT2D eigenvalue weighted by atomic mass is 10.1. The van der Waals surface area contributed by atoms with Crippen molar-refractivity contribution in [1.29, 1.82) is 0 Å². The first-order chi connectivity index (χ1) is 9.17. The first-order valence-corrected chi connectivity index (χ1v) is 6.93. The monoisotopic (exact) mass is 275 g/mol. The van der Waals surface area contributed by atoms with Gasteiger partial charge in [-0.25, -0.2) is 4.98 Å². The highest BCUT2D eigenvalue weighted by atomic mass is 32.1. The molecule has 0 radical (unpaired) electrons. The largest absolute Gasteiger partial charge is 0.329 e. The molecule has 2 aromatic rings. The van der Waals surface area contributed by atoms with Crippen LogP contribution in [0.2, 0.25) is 0 Å². The molecule has 100 valence electrons. The number of hydrogen-bond acceptors (Lipinski definition) is 5. The number of thiazole rings is 1. The third-order valence-corrected chi connectivity index (χ3v) is 4.11. The summed E-state index contributed by atoms with van der Waals surface area (Å²) in [7, 11) is 1.84. The fourth-order valence-corrected chi connectivity index (χ4v) is 3.09. The van der Waals surface area contributed by atoms with Crippen LogP contribution < -0.4 is 11.1 Å². The Labute approximate surface area is 116 Å². The van der Waals surface area contributed by atoms with Gasteiger partial charge >= 0.3 is 0 Å². The van der Waals surface area contributed by atoms with Crippen LogP contribution in [-0.2, 0) is 0 Å². The van der Waals surface area contributed by atoms with E-state index in [9.17, 15) is 4.79 Å². The third-order valence-electron chi connectivity index (χ3n) is 2.90. The van der Waals surface area contributed by atoms with Gasteiger partial charge in [0.2, 0.25) is 0 Å². The predicted molar refractivity (Wildman–Crippen MR) is 78.4 cm³/mol. The van der Waals surface area contributed by atoms with Gasteiger partial charge in [0.25, 0.3) is 0 Å². The fraction of sp³-hybridized carbons (Fsp3) is 0.286. The lowest BCUT2D eigenvalue weighted by Crippen LogP contribution is -2.24. The van der Waals surface area contributed by atoms with Crippen molar-refractivity contribution in [3.05, 3.63) is 41.0 Å². The summed E-state index contributed by atoms with van der Waals surface area (Å²) < 4.78 is 0. The summed E-state index contributed by atoms with van der Waals surface area (Å²) >= 11 is 1.52. The molecule has 5 heteroatoms. The summed E-state index contributed by atoms with van der Waals surface area (Å²) in [6.07, 6.45) is 0. The van der Waals surface area contributed by atoms with Gasteiger partial charge in [-0.15, -0.1) is 11.3 Å². The van der Waals surface area contributed by atoms with Gasteiger partial charge in [0, 0.05) is 13.5 Å². The van der Waals surface area contributed by atoms with Crippen LogP contribution in [-0.4, -0.2) is 24.4 Å². The van der Waals surface area contributed by atoms with E-state index in [1.807, 2.05) is 37.4 Å². The molecule has 1 aromatic heterocycles. The van der Waals surface area contributed by atoms with Crippen molar-refractivity contribution in [3.8, 4) is 10.4 Å². The van der Waals surface area contributed by atoms with Gasteiger partial charge in [-0.05, 0) is 12.6 Å². The topological polar surface area (TPSA) is 68.0 Å². The van der Waals surface area contributed by atoms with E-state index in [-0.39, 0.29) is 11.8 Å². The maximum Gasteiger partial charge on any atom is 0.179 e. The molecule has 4 nitrogen and oxygen atoms in total. The average Bonchev–Trinajstić information content (AvgIpc) is 2.86. The summed E-state index contributed by atoms with van der Waals surface area (Å²) in [5.41, 5.74) is 7.25. The molecule has 19 heavy (non-hydrogen) atoms. The number of aromatic nitrogens is 1. The van der Waals surface area contributed by atoms with Crippen molar-refractivity contribution in [2.75, 3.05) is 13.6 Å². The summed E-state index contributed by atoms with van der Waals surface area (Å²) in [4.78, 5) is 17.1. The lowest BCUT2D eigenvalue weighted by Gasteiger charge is -2.08. The van der Waals surface area contributed by atoms with Gasteiger partial charge in [0.05, 0.1) is 10.9 Å². The molecular weight excluding hydrogens is 258 g/mol. The van der Waals surface area contributed by atoms with Crippen molar-refractivity contribution in [2.45, 2.75) is 13.0 Å². The molecule has 0 amide bonds. The second kappa shape index (κ2) is 6.06. The van der Waals surface area contributed by atoms with E-state index in [0.717, 1.165) is 15.4 Å². The summed E-state index contributed by atoms with van der Waals surface area (Å²) in [6.45, 7) is 2.00. The predicted octanol–water partition coefficient (Wildman–Crippen LogP) is 2.23. The quantitative estimate of drug-likeness (QED) is 0.821. The number of rotatable bonds is 5. The Morgan fingerprint density at radius 1 is 1.42 bits per heavy atom. The zero-order valence-corrected chi connectivity index (χ0v) is 11.8. The minimum atomic E-state index is -0.0202. The van der Waals surface area contributed by atoms with Gasteiger partial charge < -0.3 is 11.1 Å². The Kier molecular flexibility index (Phi) is 4.42. The summed E-state index contributed by atoms with van der Waals surface area (Å²) in [5.74, 6) is -0.0202. The molecule has 0 aliphatic heterocycles. The second-order valence-electron chi connectivity index (χ2n) is 4.23. The number of benzene rings is 1. The maximum absolute atomic E-state index is 11.7. The van der Waals surface area contributed by atoms with Crippen molar-refractivity contribution in [1.82, 2.24) is 10.3 Å². The fourth-order valence-electron chi connectivity index (χ4n) is 1.85. The van der Waals surface area contributed by atoms with Crippen molar-refractivity contribution >= 4 is 17.1 Å². The lowest BCUT2D eigenvalue weighted by molar-refractivity contribution is 0.101. The van der Waals surface area contributed by atoms with Crippen LogP contribution >= 0.6 is 11.3 Å². The van der Waals surface area contributed by atoms with Crippen molar-refractivity contribution in [3.63, 3.8) is 0 Å². The molecule has 1 unspecified atom stereocenters. The number of carbonyl (C=O) groups is 1. The van der Waals surface area contributed by atoms with Gasteiger partial charge in [-0.1, -0.05) is 30.3 Å². The van der Waals surface area contributed by atoms with Gasteiger partial charge in [0.15, 0.2) is 5.78 Å². The molecule has 0 spiro atoms. The van der Waals surface area contributed by atoms with Crippen LogP contribution in [0, 0.1) is 0 Å². The molecule has 0 saturated heterocycles. The van der Waals surface area contributed by atoms with Gasteiger partial charge in [-0.3, -0.25) is 4.79 Å². The van der Waals surface area contributed by atoms with E-state index in [4.69, 9.17) is 5.73 Å². The number of likely N-dealkylation sites (N-methyl/N-ethyl adjacent to an activating group) is 1. The zero-order chi connectivity index (χ0) is 13.8. The SMILES string of the molecule is CNC(CN)c1nc(C(C)=O)c(-c2ccccc2)s1. The Balaban J connectivity index is 2.51. The summed E-state index contributed by atoms with van der Waals surface area (Å²) in [5, 5.41) is 3.97. The highest BCUT2D eigenvalue weighted by Crippen LogP contribution is 2.32. The van der Waals surface area contributed by atoms with Crippen molar-refractivity contribution < 1.29 is 4.79 Å². The van der Waals surface area contributed by atoms with Gasteiger partial charge in [0.1, 0.15) is 10.7 Å². The Morgan fingerprint density at radius 2 is 2.11 bits per heavy atom. The molecule has 3 N–H and O–H groups in total. The van der Waals surface area contributed by atoms with Crippen LogP contribution in [0.4, 0.5) is 0 Å². The number of nitrogens with two attached hydrogens (primary N) is 1. The highest BCUT2D eigenvalue weighted by molar-refractivity contribution is 7.15. The third kappa shape index (κ3) is 2.89. The molecule has 0 aliphatic rings. The molecule has 1 heterocycles. The van der Waals surface area contributed by atoms with E-state index in [2.05, 4.69) is 10.3 Å². The minimum Gasteiger partial charge on any atom is -0.329 e. The molecule has 0 saturated carbocycles. The highest BCUT2D eigenvalue weighted by Gasteiger charge is 2.20. The molecule has 1 aromatic carbocycles. The molecule has 1 atom stereocenters. The molecule has 0 bridgehead atoms. The normalized spacial score (nSPS) is 12.4. The Hall–Kier alpha value is -1.56. The minimum absolute atomic E-state index is 0.0134. The van der Waals surface area contributed by atoms with E-state index in [0.29, 0.717) is 12.2 Å². The first-order valence-electron chi connectivity index (χ1n) is 6.11. The number of Topliss-reactive ketones (excluding diaryl/α,β-unsaturated/α-hetero) is 1. The van der Waals surface area contributed by atoms with E-state index in [1.165, 1.54) is 11.3 Å². The van der Waals surface area contributed by atoms with Crippen LogP contribution in [0.15, 0.2) is 30.3 Å². The maximum atomic E-state index is 11.7. The standard InChI is InChI=1S/C14H17N3OS/c1-9(18)12-13(10-6-4-3-5-7-10)19-14(17-12)11(8-15)16-2/h3-7,11,16H,8,15H2,1-2H3. The second-order valence-corrected chi connectivity index (χ2v) is 5.26. The summed E-state index contributed by atoms with van der Waals surface area (Å²) in [6, 6.07) is 9.82. The smallest absolute Gasteiger partial charge is 0.179 e. The zero-order valence-electron chi connectivity index (χ0n) is 11.0. The van der Waals surface area contributed by atoms with Crippen molar-refractivity contribution in [2.24, 2.45) is 5.73 Å². The van der Waals surface area contributed by atoms with Crippen LogP contribution in [0.25, 0.3) is 10.4 Å². The number of carbonyl (C=O) groups excluding carboxylic acids is 1. The van der Waals surface area contributed by atoms with Crippen LogP contribution in [0.3, 0.4) is 0 Å². The molecule has 0 fully saturated rings. The Morgan fingerprint density at radius 3 is 2.63 bits per heavy atom. The first kappa shape index (κ1) is 13.9. The Bertz CT molecular complexity index is 561. The van der Waals surface area contributed by atoms with E-state index in [1.54, 1.807) is 6.92 Å². The number of hydrogen-bond donors (Lipinski definition) is 2. The number of nitrogens with zero attached hydrogens (tertiary/aromatic N) is 1. The number of ketones is 1. The molecular formula is C14H17N3OS. The van der Waals surface area contributed by atoms with Crippen LogP contribution in [0.5, 0.6) is 0 Å². The average molecular weight is 275 g/mol. The van der Waals surface area contributed by atoms with Crippen LogP contribution in [0.1, 0.15) is 28.5 Å². The number of nitrogens with one attached hydrogen (secondary N) is 1. The van der Waals surface area contributed by atoms with Gasteiger partial charge in [-0.2, -0.15) is 0 Å². The molecule has 2 rings (SSSR count).